The lowest BCUT2D eigenvalue weighted by Gasteiger charge is -2.07. The number of aromatic nitrogens is 4. The van der Waals surface area contributed by atoms with Crippen LogP contribution in [-0.2, 0) is 17.8 Å². The van der Waals surface area contributed by atoms with E-state index < -0.39 is 16.3 Å². The summed E-state index contributed by atoms with van der Waals surface area (Å²) in [5, 5.41) is 0. The minimum Gasteiger partial charge on any atom is -0.310 e. The zero-order valence-electron chi connectivity index (χ0n) is 13.2. The van der Waals surface area contributed by atoms with Crippen LogP contribution in [0.3, 0.4) is 0 Å². The SMILES string of the molecule is CC[S@@](=O)c1cccnc1-c1nc2cc(SC(F)(F)F)cnc2n1C. The Morgan fingerprint density at radius 2 is 2.08 bits per heavy atom. The zero-order chi connectivity index (χ0) is 18.2. The minimum atomic E-state index is -4.39. The number of nitrogens with zero attached hydrogens (tertiary/aromatic N) is 4. The maximum Gasteiger partial charge on any atom is 0.446 e. The molecule has 0 saturated heterocycles. The molecule has 0 aromatic carbocycles. The number of thioether (sulfide) groups is 1. The van der Waals surface area contributed by atoms with Crippen molar-refractivity contribution in [3.63, 3.8) is 0 Å². The van der Waals surface area contributed by atoms with Crippen molar-refractivity contribution < 1.29 is 17.4 Å². The number of aryl methyl sites for hydroxylation is 1. The molecule has 10 heteroatoms. The van der Waals surface area contributed by atoms with Gasteiger partial charge in [0.15, 0.2) is 11.5 Å². The Balaban J connectivity index is 2.13. The summed E-state index contributed by atoms with van der Waals surface area (Å²) in [6.45, 7) is 1.80. The van der Waals surface area contributed by atoms with Crippen LogP contribution in [0.5, 0.6) is 0 Å². The summed E-state index contributed by atoms with van der Waals surface area (Å²) in [5.41, 5.74) is -3.20. The summed E-state index contributed by atoms with van der Waals surface area (Å²) in [6, 6.07) is 4.73. The van der Waals surface area contributed by atoms with E-state index in [1.54, 1.807) is 36.9 Å². The molecular formula is C15H13F3N4OS2. The molecule has 0 spiro atoms. The molecule has 0 N–H and O–H groups in total. The molecule has 0 aliphatic heterocycles. The molecule has 0 unspecified atom stereocenters. The topological polar surface area (TPSA) is 60.7 Å². The molecule has 0 bridgehead atoms. The highest BCUT2D eigenvalue weighted by molar-refractivity contribution is 8.00. The molecule has 3 rings (SSSR count). The molecule has 3 heterocycles. The van der Waals surface area contributed by atoms with Crippen LogP contribution in [0.25, 0.3) is 22.7 Å². The van der Waals surface area contributed by atoms with Gasteiger partial charge in [-0.25, -0.2) is 9.97 Å². The summed E-state index contributed by atoms with van der Waals surface area (Å²) in [7, 11) is 0.457. The van der Waals surface area contributed by atoms with Crippen LogP contribution in [0.4, 0.5) is 13.2 Å². The first-order valence-electron chi connectivity index (χ1n) is 7.22. The third-order valence-electron chi connectivity index (χ3n) is 3.41. The van der Waals surface area contributed by atoms with Gasteiger partial charge in [-0.15, -0.1) is 0 Å². The molecule has 3 aromatic heterocycles. The molecule has 0 aliphatic carbocycles. The Kier molecular flexibility index (Phi) is 4.83. The number of imidazole rings is 1. The van der Waals surface area contributed by atoms with Crippen molar-refractivity contribution in [2.24, 2.45) is 7.05 Å². The number of alkyl halides is 3. The van der Waals surface area contributed by atoms with E-state index in [0.717, 1.165) is 6.20 Å². The Bertz CT molecular complexity index is 956. The fraction of sp³-hybridized carbons (Fsp3) is 0.267. The quantitative estimate of drug-likeness (QED) is 0.639. The highest BCUT2D eigenvalue weighted by Gasteiger charge is 2.30. The number of pyridine rings is 2. The van der Waals surface area contributed by atoms with Gasteiger partial charge < -0.3 is 4.57 Å². The van der Waals surface area contributed by atoms with Gasteiger partial charge in [-0.1, -0.05) is 6.92 Å². The highest BCUT2D eigenvalue weighted by Crippen LogP contribution is 2.37. The summed E-state index contributed by atoms with van der Waals surface area (Å²) >= 11 is -0.238. The van der Waals surface area contributed by atoms with Crippen molar-refractivity contribution in [1.82, 2.24) is 19.5 Å². The fourth-order valence-electron chi connectivity index (χ4n) is 2.36. The standard InChI is InChI=1S/C15H13F3N4OS2/c1-3-25(23)11-5-4-6-19-12(11)14-21-10-7-9(24-15(16,17)18)8-20-13(10)22(14)2/h4-8H,3H2,1-2H3/t25-/m1/s1. The first-order valence-corrected chi connectivity index (χ1v) is 9.35. The first kappa shape index (κ1) is 17.9. The van der Waals surface area contributed by atoms with Crippen molar-refractivity contribution in [3.05, 3.63) is 30.6 Å². The van der Waals surface area contributed by atoms with Crippen LogP contribution in [0.15, 0.2) is 40.4 Å². The van der Waals surface area contributed by atoms with Crippen molar-refractivity contribution in [3.8, 4) is 11.5 Å². The smallest absolute Gasteiger partial charge is 0.310 e. The van der Waals surface area contributed by atoms with Crippen molar-refractivity contribution in [2.45, 2.75) is 22.2 Å². The number of fused-ring (bicyclic) bond motifs is 1. The van der Waals surface area contributed by atoms with Gasteiger partial charge in [-0.2, -0.15) is 13.2 Å². The van der Waals surface area contributed by atoms with E-state index in [4.69, 9.17) is 0 Å². The summed E-state index contributed by atoms with van der Waals surface area (Å²) < 4.78 is 51.5. The van der Waals surface area contributed by atoms with Gasteiger partial charge >= 0.3 is 5.51 Å². The Morgan fingerprint density at radius 3 is 2.76 bits per heavy atom. The summed E-state index contributed by atoms with van der Waals surface area (Å²) in [5.74, 6) is 0.835. The minimum absolute atomic E-state index is 0.0389. The lowest BCUT2D eigenvalue weighted by Crippen LogP contribution is -2.02. The van der Waals surface area contributed by atoms with E-state index in [1.807, 2.05) is 0 Å². The average molecular weight is 386 g/mol. The molecular weight excluding hydrogens is 373 g/mol. The lowest BCUT2D eigenvalue weighted by atomic mass is 10.3. The Labute approximate surface area is 148 Å². The average Bonchev–Trinajstić information content (AvgIpc) is 2.89. The van der Waals surface area contributed by atoms with Crippen LogP contribution < -0.4 is 0 Å². The van der Waals surface area contributed by atoms with Crippen molar-refractivity contribution in [1.29, 1.82) is 0 Å². The molecule has 0 amide bonds. The van der Waals surface area contributed by atoms with Gasteiger partial charge in [0.1, 0.15) is 11.2 Å². The largest absolute Gasteiger partial charge is 0.446 e. The molecule has 3 aromatic rings. The lowest BCUT2D eigenvalue weighted by molar-refractivity contribution is -0.0328. The molecule has 0 saturated carbocycles. The normalized spacial score (nSPS) is 13.3. The van der Waals surface area contributed by atoms with Crippen molar-refractivity contribution in [2.75, 3.05) is 5.75 Å². The van der Waals surface area contributed by atoms with E-state index in [0.29, 0.717) is 33.3 Å². The second-order valence-electron chi connectivity index (χ2n) is 5.04. The first-order chi connectivity index (χ1) is 11.8. The van der Waals surface area contributed by atoms with E-state index in [2.05, 4.69) is 15.0 Å². The predicted octanol–water partition coefficient (Wildman–Crippen LogP) is 3.77. The van der Waals surface area contributed by atoms with Crippen molar-refractivity contribution >= 4 is 33.7 Å². The van der Waals surface area contributed by atoms with Crippen LogP contribution >= 0.6 is 11.8 Å². The van der Waals surface area contributed by atoms with Gasteiger partial charge in [-0.3, -0.25) is 9.19 Å². The number of halogens is 3. The molecule has 0 aliphatic rings. The molecule has 132 valence electrons. The van der Waals surface area contributed by atoms with E-state index in [9.17, 15) is 17.4 Å². The molecule has 25 heavy (non-hydrogen) atoms. The molecule has 1 atom stereocenters. The Morgan fingerprint density at radius 1 is 1.32 bits per heavy atom. The molecule has 0 fully saturated rings. The van der Waals surface area contributed by atoms with Crippen LogP contribution in [0, 0.1) is 0 Å². The van der Waals surface area contributed by atoms with Crippen LogP contribution in [-0.4, -0.2) is 35.0 Å². The van der Waals surface area contributed by atoms with Gasteiger partial charge in [0.25, 0.3) is 0 Å². The van der Waals surface area contributed by atoms with E-state index in [1.165, 1.54) is 6.07 Å². The fourth-order valence-corrected chi connectivity index (χ4v) is 3.80. The number of hydrogen-bond acceptors (Lipinski definition) is 5. The summed E-state index contributed by atoms with van der Waals surface area (Å²) in [4.78, 5) is 13.2. The third-order valence-corrected chi connectivity index (χ3v) is 5.44. The maximum absolute atomic E-state index is 12.5. The van der Waals surface area contributed by atoms with Crippen LogP contribution in [0.1, 0.15) is 6.92 Å². The second kappa shape index (κ2) is 6.75. The molecule has 5 nitrogen and oxygen atoms in total. The maximum atomic E-state index is 12.5. The van der Waals surface area contributed by atoms with Gasteiger partial charge in [-0.05, 0) is 30.0 Å². The zero-order valence-corrected chi connectivity index (χ0v) is 14.9. The monoisotopic (exact) mass is 386 g/mol. The van der Waals surface area contributed by atoms with Gasteiger partial charge in [0.05, 0.1) is 15.7 Å². The van der Waals surface area contributed by atoms with E-state index in [-0.39, 0.29) is 16.7 Å². The number of rotatable bonds is 4. The Hall–Kier alpha value is -1.94. The predicted molar refractivity (Wildman–Crippen MR) is 90.6 cm³/mol. The number of hydrogen-bond donors (Lipinski definition) is 0. The van der Waals surface area contributed by atoms with Gasteiger partial charge in [0, 0.05) is 30.1 Å². The third kappa shape index (κ3) is 3.69. The van der Waals surface area contributed by atoms with E-state index >= 15 is 0 Å². The second-order valence-corrected chi connectivity index (χ2v) is 7.89. The highest BCUT2D eigenvalue weighted by atomic mass is 32.2. The summed E-state index contributed by atoms with van der Waals surface area (Å²) in [6.07, 6.45) is 2.72. The van der Waals surface area contributed by atoms with Gasteiger partial charge in [0.2, 0.25) is 0 Å². The van der Waals surface area contributed by atoms with Crippen LogP contribution in [0.2, 0.25) is 0 Å². The molecule has 0 radical (unpaired) electrons.